The minimum absolute atomic E-state index is 0.0230. The van der Waals surface area contributed by atoms with E-state index in [1.165, 1.54) is 36.0 Å². The van der Waals surface area contributed by atoms with Crippen molar-refractivity contribution in [1.29, 1.82) is 0 Å². The van der Waals surface area contributed by atoms with E-state index in [-0.39, 0.29) is 17.9 Å². The lowest BCUT2D eigenvalue weighted by Gasteiger charge is -2.33. The highest BCUT2D eigenvalue weighted by Gasteiger charge is 2.68. The van der Waals surface area contributed by atoms with E-state index in [1.807, 2.05) is 6.07 Å². The third-order valence-electron chi connectivity index (χ3n) is 6.48. The number of carbonyl (C=O) groups is 1. The molecule has 40 heavy (non-hydrogen) atoms. The third-order valence-corrected chi connectivity index (χ3v) is 9.78. The Hall–Kier alpha value is -1.92. The Balaban J connectivity index is 1.71. The second-order valence-corrected chi connectivity index (χ2v) is 13.6. The van der Waals surface area contributed by atoms with E-state index in [4.69, 9.17) is 16.3 Å². The first-order valence-electron chi connectivity index (χ1n) is 12.3. The van der Waals surface area contributed by atoms with Crippen LogP contribution in [-0.2, 0) is 34.1 Å². The molecule has 0 bridgehead atoms. The predicted octanol–water partition coefficient (Wildman–Crippen LogP) is 8.21. The summed E-state index contributed by atoms with van der Waals surface area (Å²) in [4.78, 5) is 14.9. The quantitative estimate of drug-likeness (QED) is 0.239. The zero-order chi connectivity index (χ0) is 30.1. The Kier molecular flexibility index (Phi) is 9.88. The molecule has 1 aliphatic heterocycles. The lowest BCUT2D eigenvalue weighted by atomic mass is 9.92. The van der Waals surface area contributed by atoms with Gasteiger partial charge in [0.05, 0.1) is 21.6 Å². The fourth-order valence-electron chi connectivity index (χ4n) is 3.99. The average molecular weight is 630 g/mol. The van der Waals surface area contributed by atoms with Gasteiger partial charge in [0.25, 0.3) is 0 Å². The van der Waals surface area contributed by atoms with Crippen LogP contribution in [0.4, 0.5) is 31.1 Å². The minimum Gasteiger partial charge on any atom is -0.444 e. The molecule has 4 nitrogen and oxygen atoms in total. The first kappa shape index (κ1) is 32.6. The lowest BCUT2D eigenvalue weighted by molar-refractivity contribution is -0.325. The van der Waals surface area contributed by atoms with Gasteiger partial charge in [0.15, 0.2) is 5.41 Å². The molecule has 0 aromatic heterocycles. The lowest BCUT2D eigenvalue weighted by Crippen LogP contribution is -2.51. The summed E-state index contributed by atoms with van der Waals surface area (Å²) >= 11 is 7.95. The maximum Gasteiger partial charge on any atom is 0.410 e. The number of rotatable bonds is 6. The number of alkyl halides is 6. The SMILES string of the molecule is CC(C)(C)OC(=O)N1CCc2ccc(Cl)c(SCc3ccc(S(=O)CC(C)(C(F)(F)F)C(F)(F)F)cc3)c2CC1. The fraction of sp³-hybridized carbons (Fsp3) is 0.519. The summed E-state index contributed by atoms with van der Waals surface area (Å²) < 4.78 is 97.3. The molecule has 0 aliphatic carbocycles. The molecule has 13 heteroatoms. The zero-order valence-corrected chi connectivity index (χ0v) is 24.7. The standard InChI is InChI=1S/C27H30ClF6NO3S2/c1-24(2,3)38-23(36)35-13-11-18-7-10-21(28)22(20(18)12-14-35)39-15-17-5-8-19(9-6-17)40(37)16-25(4,26(29,30)31)27(32,33)34/h5-10H,11-16H2,1-4H3. The van der Waals surface area contributed by atoms with Gasteiger partial charge in [-0.25, -0.2) is 4.79 Å². The molecule has 0 fully saturated rings. The highest BCUT2D eigenvalue weighted by molar-refractivity contribution is 7.98. The molecular formula is C27H30ClF6NO3S2. The van der Waals surface area contributed by atoms with Crippen LogP contribution in [-0.4, -0.2) is 52.0 Å². The van der Waals surface area contributed by atoms with Crippen molar-refractivity contribution in [3.63, 3.8) is 0 Å². The van der Waals surface area contributed by atoms with Gasteiger partial charge in [0.1, 0.15) is 5.60 Å². The molecule has 0 radical (unpaired) electrons. The van der Waals surface area contributed by atoms with Gasteiger partial charge in [-0.3, -0.25) is 4.21 Å². The van der Waals surface area contributed by atoms with Crippen molar-refractivity contribution in [1.82, 2.24) is 4.90 Å². The molecule has 1 unspecified atom stereocenters. The average Bonchev–Trinajstić information content (AvgIpc) is 3.04. The van der Waals surface area contributed by atoms with E-state index in [2.05, 4.69) is 0 Å². The highest BCUT2D eigenvalue weighted by Crippen LogP contribution is 2.50. The Morgan fingerprint density at radius 3 is 2.08 bits per heavy atom. The van der Waals surface area contributed by atoms with Gasteiger partial charge in [0, 0.05) is 28.6 Å². The first-order valence-corrected chi connectivity index (χ1v) is 15.0. The summed E-state index contributed by atoms with van der Waals surface area (Å²) in [5.74, 6) is -1.22. The Labute approximate surface area is 241 Å². The topological polar surface area (TPSA) is 46.6 Å². The molecule has 0 spiro atoms. The van der Waals surface area contributed by atoms with E-state index in [9.17, 15) is 35.3 Å². The van der Waals surface area contributed by atoms with Crippen molar-refractivity contribution in [3.8, 4) is 0 Å². The summed E-state index contributed by atoms with van der Waals surface area (Å²) in [5.41, 5.74) is -1.92. The first-order chi connectivity index (χ1) is 18.3. The highest BCUT2D eigenvalue weighted by atomic mass is 35.5. The van der Waals surface area contributed by atoms with Crippen LogP contribution in [0.1, 0.15) is 44.4 Å². The van der Waals surface area contributed by atoms with E-state index < -0.39 is 39.9 Å². The molecule has 1 aliphatic rings. The van der Waals surface area contributed by atoms with Crippen molar-refractivity contribution in [3.05, 3.63) is 58.1 Å². The smallest absolute Gasteiger partial charge is 0.410 e. The number of nitrogens with zero attached hydrogens (tertiary/aromatic N) is 1. The molecule has 0 saturated heterocycles. The second kappa shape index (κ2) is 12.1. The summed E-state index contributed by atoms with van der Waals surface area (Å²) in [7, 11) is -2.53. The monoisotopic (exact) mass is 629 g/mol. The number of amides is 1. The van der Waals surface area contributed by atoms with E-state index >= 15 is 0 Å². The summed E-state index contributed by atoms with van der Waals surface area (Å²) in [6, 6.07) is 9.34. The Morgan fingerprint density at radius 2 is 1.52 bits per heavy atom. The maximum atomic E-state index is 13.2. The second-order valence-electron chi connectivity index (χ2n) is 10.7. The van der Waals surface area contributed by atoms with Crippen LogP contribution >= 0.6 is 23.4 Å². The van der Waals surface area contributed by atoms with Crippen LogP contribution in [0, 0.1) is 5.41 Å². The molecule has 222 valence electrons. The van der Waals surface area contributed by atoms with Crippen molar-refractivity contribution in [2.45, 2.75) is 74.0 Å². The Bertz CT molecular complexity index is 1230. The molecular weight excluding hydrogens is 600 g/mol. The molecule has 2 aromatic rings. The van der Waals surface area contributed by atoms with Crippen molar-refractivity contribution < 1.29 is 40.1 Å². The predicted molar refractivity (Wildman–Crippen MR) is 144 cm³/mol. The van der Waals surface area contributed by atoms with Crippen LogP contribution in [0.3, 0.4) is 0 Å². The number of benzene rings is 2. The van der Waals surface area contributed by atoms with Gasteiger partial charge >= 0.3 is 18.4 Å². The fourth-order valence-corrected chi connectivity index (χ4v) is 6.91. The van der Waals surface area contributed by atoms with Crippen molar-refractivity contribution in [2.75, 3.05) is 18.8 Å². The number of hydrogen-bond acceptors (Lipinski definition) is 4. The van der Waals surface area contributed by atoms with Crippen molar-refractivity contribution >= 4 is 40.3 Å². The van der Waals surface area contributed by atoms with E-state index in [0.717, 1.165) is 21.6 Å². The molecule has 3 rings (SSSR count). The zero-order valence-electron chi connectivity index (χ0n) is 22.3. The molecule has 1 heterocycles. The van der Waals surface area contributed by atoms with Gasteiger partial charge in [-0.1, -0.05) is 29.8 Å². The largest absolute Gasteiger partial charge is 0.444 e. The normalized spacial score (nSPS) is 15.8. The molecule has 0 N–H and O–H groups in total. The van der Waals surface area contributed by atoms with Crippen LogP contribution in [0.15, 0.2) is 46.2 Å². The third kappa shape index (κ3) is 7.67. The van der Waals surface area contributed by atoms with Gasteiger partial charge in [-0.2, -0.15) is 26.3 Å². The van der Waals surface area contributed by atoms with Crippen LogP contribution in [0.2, 0.25) is 5.02 Å². The minimum atomic E-state index is -5.60. The van der Waals surface area contributed by atoms with Crippen LogP contribution in [0.5, 0.6) is 0 Å². The van der Waals surface area contributed by atoms with Gasteiger partial charge in [-0.15, -0.1) is 11.8 Å². The molecule has 0 saturated carbocycles. The number of carbonyl (C=O) groups excluding carboxylic acids is 1. The number of hydrogen-bond donors (Lipinski definition) is 0. The summed E-state index contributed by atoms with van der Waals surface area (Å²) in [6.07, 6.45) is -10.4. The van der Waals surface area contributed by atoms with E-state index in [1.54, 1.807) is 31.7 Å². The molecule has 2 aromatic carbocycles. The number of fused-ring (bicyclic) bond motifs is 1. The number of ether oxygens (including phenoxy) is 1. The van der Waals surface area contributed by atoms with Gasteiger partial charge < -0.3 is 9.64 Å². The molecule has 1 amide bonds. The van der Waals surface area contributed by atoms with Crippen LogP contribution < -0.4 is 0 Å². The molecule has 1 atom stereocenters. The van der Waals surface area contributed by atoms with Gasteiger partial charge in [0.2, 0.25) is 0 Å². The van der Waals surface area contributed by atoms with Crippen LogP contribution in [0.25, 0.3) is 0 Å². The van der Waals surface area contributed by atoms with Gasteiger partial charge in [-0.05, 0) is 75.4 Å². The van der Waals surface area contributed by atoms with E-state index in [0.29, 0.717) is 36.7 Å². The Morgan fingerprint density at radius 1 is 0.950 bits per heavy atom. The number of halogens is 7. The summed E-state index contributed by atoms with van der Waals surface area (Å²) in [5, 5.41) is 0.533. The maximum absolute atomic E-state index is 13.2. The van der Waals surface area contributed by atoms with Crippen molar-refractivity contribution in [2.24, 2.45) is 5.41 Å². The number of thioether (sulfide) groups is 1. The summed E-state index contributed by atoms with van der Waals surface area (Å²) in [6.45, 7) is 6.38.